The number of hydrogen-bond donors (Lipinski definition) is 0. The third-order valence-corrected chi connectivity index (χ3v) is 3.35. The minimum absolute atomic E-state index is 0.0594. The quantitative estimate of drug-likeness (QED) is 0.717. The third kappa shape index (κ3) is 2.31. The van der Waals surface area contributed by atoms with E-state index in [1.165, 1.54) is 0 Å². The Morgan fingerprint density at radius 2 is 2.05 bits per heavy atom. The number of hydrogen-bond acceptors (Lipinski definition) is 5. The van der Waals surface area contributed by atoms with Gasteiger partial charge in [-0.15, -0.1) is 15.3 Å². The molecule has 8 heteroatoms. The second-order valence-corrected chi connectivity index (χ2v) is 5.31. The number of rotatable bonds is 2. The van der Waals surface area contributed by atoms with Crippen LogP contribution in [-0.2, 0) is 0 Å². The first kappa shape index (κ1) is 12.4. The summed E-state index contributed by atoms with van der Waals surface area (Å²) in [5.41, 5.74) is 0.777. The highest BCUT2D eigenvalue weighted by atomic mass is 79.9. The van der Waals surface area contributed by atoms with Crippen molar-refractivity contribution in [1.82, 2.24) is 29.8 Å². The molecule has 19 heavy (non-hydrogen) atoms. The van der Waals surface area contributed by atoms with Crippen LogP contribution in [0, 0.1) is 0 Å². The molecule has 6 nitrogen and oxygen atoms in total. The van der Waals surface area contributed by atoms with Crippen LogP contribution in [0.25, 0.3) is 5.78 Å². The maximum absolute atomic E-state index is 5.73. The molecule has 3 aromatic heterocycles. The van der Waals surface area contributed by atoms with Gasteiger partial charge in [0, 0.05) is 12.4 Å². The van der Waals surface area contributed by atoms with E-state index in [0.717, 1.165) is 16.0 Å². The Kier molecular flexibility index (Phi) is 3.16. The number of fused-ring (bicyclic) bond motifs is 1. The van der Waals surface area contributed by atoms with Crippen molar-refractivity contribution in [3.63, 3.8) is 0 Å². The highest BCUT2D eigenvalue weighted by Gasteiger charge is 2.17. The van der Waals surface area contributed by atoms with E-state index in [1.807, 2.05) is 23.6 Å². The van der Waals surface area contributed by atoms with Gasteiger partial charge >= 0.3 is 0 Å². The van der Waals surface area contributed by atoms with E-state index in [9.17, 15) is 0 Å². The Morgan fingerprint density at radius 3 is 2.79 bits per heavy atom. The van der Waals surface area contributed by atoms with Crippen LogP contribution in [0.3, 0.4) is 0 Å². The van der Waals surface area contributed by atoms with Crippen LogP contribution >= 0.6 is 27.5 Å². The Labute approximate surface area is 122 Å². The van der Waals surface area contributed by atoms with Crippen molar-refractivity contribution in [3.05, 3.63) is 45.7 Å². The molecule has 0 fully saturated rings. The molecule has 0 bridgehead atoms. The highest BCUT2D eigenvalue weighted by molar-refractivity contribution is 9.10. The average molecular weight is 340 g/mol. The van der Waals surface area contributed by atoms with Crippen LogP contribution < -0.4 is 0 Å². The van der Waals surface area contributed by atoms with Crippen LogP contribution in [-0.4, -0.2) is 29.8 Å². The van der Waals surface area contributed by atoms with Gasteiger partial charge in [0.25, 0.3) is 5.78 Å². The predicted molar refractivity (Wildman–Crippen MR) is 73.0 cm³/mol. The van der Waals surface area contributed by atoms with Gasteiger partial charge in [0.05, 0.1) is 16.1 Å². The molecule has 3 aromatic rings. The average Bonchev–Trinajstić information content (AvgIpc) is 2.81. The largest absolute Gasteiger partial charge is 0.269 e. The zero-order valence-corrected chi connectivity index (χ0v) is 12.2. The van der Waals surface area contributed by atoms with Gasteiger partial charge in [0.2, 0.25) is 0 Å². The predicted octanol–water partition coefficient (Wildman–Crippen LogP) is 2.48. The third-order valence-electron chi connectivity index (χ3n) is 2.74. The molecule has 96 valence electrons. The molecule has 1 unspecified atom stereocenters. The Morgan fingerprint density at radius 1 is 1.21 bits per heavy atom. The van der Waals surface area contributed by atoms with Gasteiger partial charge in [-0.25, -0.2) is 4.98 Å². The SMILES string of the molecule is CC(c1ccc(Cl)nn1)c1nnc2ncc(Br)cn12. The van der Waals surface area contributed by atoms with E-state index in [0.29, 0.717) is 10.9 Å². The molecule has 0 saturated carbocycles. The zero-order chi connectivity index (χ0) is 13.4. The van der Waals surface area contributed by atoms with Crippen LogP contribution in [0.15, 0.2) is 29.0 Å². The minimum atomic E-state index is -0.0594. The van der Waals surface area contributed by atoms with Gasteiger partial charge in [-0.1, -0.05) is 11.6 Å². The maximum atomic E-state index is 5.73. The van der Waals surface area contributed by atoms with Crippen LogP contribution in [0.2, 0.25) is 5.15 Å². The van der Waals surface area contributed by atoms with Crippen molar-refractivity contribution < 1.29 is 0 Å². The summed E-state index contributed by atoms with van der Waals surface area (Å²) in [6, 6.07) is 3.53. The van der Waals surface area contributed by atoms with Crippen LogP contribution in [0.4, 0.5) is 0 Å². The highest BCUT2D eigenvalue weighted by Crippen LogP contribution is 2.22. The molecule has 0 amide bonds. The molecule has 0 aliphatic heterocycles. The topological polar surface area (TPSA) is 68.9 Å². The lowest BCUT2D eigenvalue weighted by Crippen LogP contribution is -2.05. The lowest BCUT2D eigenvalue weighted by molar-refractivity contribution is 0.748. The molecule has 0 aliphatic carbocycles. The van der Waals surface area contributed by atoms with Crippen molar-refractivity contribution >= 4 is 33.3 Å². The van der Waals surface area contributed by atoms with Crippen LogP contribution in [0.1, 0.15) is 24.4 Å². The summed E-state index contributed by atoms with van der Waals surface area (Å²) in [6.45, 7) is 1.98. The monoisotopic (exact) mass is 338 g/mol. The standard InChI is InChI=1S/C11H8BrClN6/c1-6(8-2-3-9(13)16-15-8)10-17-18-11-14-4-7(12)5-19(10)11/h2-6H,1H3. The van der Waals surface area contributed by atoms with Crippen molar-refractivity contribution in [1.29, 1.82) is 0 Å². The summed E-state index contributed by atoms with van der Waals surface area (Å²) >= 11 is 9.12. The van der Waals surface area contributed by atoms with E-state index in [4.69, 9.17) is 11.6 Å². The molecule has 1 atom stereocenters. The Bertz CT molecular complexity index is 726. The fourth-order valence-electron chi connectivity index (χ4n) is 1.77. The Hall–Kier alpha value is -1.60. The molecule has 0 N–H and O–H groups in total. The minimum Gasteiger partial charge on any atom is -0.269 e. The van der Waals surface area contributed by atoms with E-state index >= 15 is 0 Å². The first-order valence-corrected chi connectivity index (χ1v) is 6.67. The van der Waals surface area contributed by atoms with E-state index in [1.54, 1.807) is 12.3 Å². The second-order valence-electron chi connectivity index (χ2n) is 4.00. The zero-order valence-electron chi connectivity index (χ0n) is 9.83. The van der Waals surface area contributed by atoms with E-state index < -0.39 is 0 Å². The summed E-state index contributed by atoms with van der Waals surface area (Å²) in [5.74, 6) is 1.24. The van der Waals surface area contributed by atoms with E-state index in [2.05, 4.69) is 41.3 Å². The summed E-state index contributed by atoms with van der Waals surface area (Å²) in [6.07, 6.45) is 3.55. The van der Waals surface area contributed by atoms with Gasteiger partial charge in [0.1, 0.15) is 5.82 Å². The first-order valence-electron chi connectivity index (χ1n) is 5.50. The van der Waals surface area contributed by atoms with E-state index in [-0.39, 0.29) is 5.92 Å². The molecule has 3 rings (SSSR count). The van der Waals surface area contributed by atoms with Crippen molar-refractivity contribution in [2.75, 3.05) is 0 Å². The molecule has 0 aromatic carbocycles. The van der Waals surface area contributed by atoms with Crippen molar-refractivity contribution in [2.45, 2.75) is 12.8 Å². The van der Waals surface area contributed by atoms with Gasteiger partial charge in [-0.05, 0) is 35.0 Å². The normalized spacial score (nSPS) is 12.8. The summed E-state index contributed by atoms with van der Waals surface area (Å²) in [5, 5.41) is 16.5. The van der Waals surface area contributed by atoms with Gasteiger partial charge in [0.15, 0.2) is 5.15 Å². The molecule has 0 radical (unpaired) electrons. The fourth-order valence-corrected chi connectivity index (χ4v) is 2.18. The van der Waals surface area contributed by atoms with Gasteiger partial charge in [-0.2, -0.15) is 5.10 Å². The molecule has 0 saturated heterocycles. The fraction of sp³-hybridized carbons (Fsp3) is 0.182. The van der Waals surface area contributed by atoms with Crippen molar-refractivity contribution in [2.24, 2.45) is 0 Å². The second kappa shape index (κ2) is 4.82. The lowest BCUT2D eigenvalue weighted by atomic mass is 10.1. The van der Waals surface area contributed by atoms with Crippen molar-refractivity contribution in [3.8, 4) is 0 Å². The number of nitrogens with zero attached hydrogens (tertiary/aromatic N) is 6. The summed E-state index contributed by atoms with van der Waals surface area (Å²) < 4.78 is 2.68. The van der Waals surface area contributed by atoms with Gasteiger partial charge < -0.3 is 0 Å². The van der Waals surface area contributed by atoms with Gasteiger partial charge in [-0.3, -0.25) is 4.40 Å². The smallest absolute Gasteiger partial charge is 0.255 e. The number of aromatic nitrogens is 6. The Balaban J connectivity index is 2.08. The molecule has 0 spiro atoms. The lowest BCUT2D eigenvalue weighted by Gasteiger charge is -2.08. The number of halogens is 2. The first-order chi connectivity index (χ1) is 9.15. The molecule has 0 aliphatic rings. The summed E-state index contributed by atoms with van der Waals surface area (Å²) in [7, 11) is 0. The van der Waals surface area contributed by atoms with Crippen LogP contribution in [0.5, 0.6) is 0 Å². The molecule has 3 heterocycles. The summed E-state index contributed by atoms with van der Waals surface area (Å²) in [4.78, 5) is 4.18. The maximum Gasteiger partial charge on any atom is 0.255 e. The molecular formula is C11H8BrClN6. The molecular weight excluding hydrogens is 332 g/mol.